The van der Waals surface area contributed by atoms with Gasteiger partial charge < -0.3 is 10.2 Å². The molecule has 3 heterocycles. The Morgan fingerprint density at radius 2 is 1.86 bits per heavy atom. The molecule has 0 saturated heterocycles. The molecule has 0 fully saturated rings. The summed E-state index contributed by atoms with van der Waals surface area (Å²) in [5, 5.41) is 5.07. The van der Waals surface area contributed by atoms with Crippen LogP contribution in [0.25, 0.3) is 28.3 Å². The Balaban J connectivity index is 1.98. The van der Waals surface area contributed by atoms with Crippen molar-refractivity contribution < 1.29 is 4.42 Å². The molecule has 2 N–H and O–H groups in total. The minimum atomic E-state index is 0.383. The zero-order chi connectivity index (χ0) is 14.2. The monoisotopic (exact) mass is 277 g/mol. The first kappa shape index (κ1) is 11.7. The van der Waals surface area contributed by atoms with Crippen molar-refractivity contribution in [2.24, 2.45) is 0 Å². The molecule has 0 atom stereocenters. The molecular weight excluding hydrogens is 266 g/mol. The molecule has 0 saturated carbocycles. The number of aromatic nitrogens is 4. The molecule has 0 aliphatic heterocycles. The fourth-order valence-corrected chi connectivity index (χ4v) is 2.20. The number of nitrogens with two attached hydrogens (primary N) is 1. The summed E-state index contributed by atoms with van der Waals surface area (Å²) in [7, 11) is 0. The van der Waals surface area contributed by atoms with E-state index in [1.54, 1.807) is 29.3 Å². The van der Waals surface area contributed by atoms with Crippen LogP contribution < -0.4 is 5.73 Å². The van der Waals surface area contributed by atoms with Gasteiger partial charge in [-0.05, 0) is 24.3 Å². The number of hydrogen-bond donors (Lipinski definition) is 1. The van der Waals surface area contributed by atoms with Gasteiger partial charge in [-0.15, -0.1) is 0 Å². The van der Waals surface area contributed by atoms with Crippen molar-refractivity contribution in [3.8, 4) is 17.3 Å². The second-order valence-electron chi connectivity index (χ2n) is 4.54. The number of rotatable bonds is 2. The Labute approximate surface area is 119 Å². The highest BCUT2D eigenvalue weighted by Crippen LogP contribution is 2.24. The maximum absolute atomic E-state index is 6.01. The van der Waals surface area contributed by atoms with E-state index in [1.807, 2.05) is 30.3 Å². The minimum Gasteiger partial charge on any atom is -0.461 e. The smallest absolute Gasteiger partial charge is 0.199 e. The normalized spacial score (nSPS) is 11.0. The first-order chi connectivity index (χ1) is 10.3. The van der Waals surface area contributed by atoms with E-state index in [0.29, 0.717) is 28.4 Å². The van der Waals surface area contributed by atoms with Crippen molar-refractivity contribution in [3.63, 3.8) is 0 Å². The van der Waals surface area contributed by atoms with Crippen LogP contribution in [0.2, 0.25) is 0 Å². The SMILES string of the molecule is Nc1nc(-c2ccco2)nc2c1cnn2-c1ccccc1. The van der Waals surface area contributed by atoms with E-state index in [2.05, 4.69) is 15.1 Å². The van der Waals surface area contributed by atoms with Crippen molar-refractivity contribution in [3.05, 3.63) is 54.9 Å². The zero-order valence-electron chi connectivity index (χ0n) is 11.0. The predicted molar refractivity (Wildman–Crippen MR) is 78.8 cm³/mol. The quantitative estimate of drug-likeness (QED) is 0.609. The summed E-state index contributed by atoms with van der Waals surface area (Å²) in [5.41, 5.74) is 7.57. The minimum absolute atomic E-state index is 0.383. The Morgan fingerprint density at radius 1 is 1.00 bits per heavy atom. The van der Waals surface area contributed by atoms with Gasteiger partial charge in [0.25, 0.3) is 0 Å². The summed E-state index contributed by atoms with van der Waals surface area (Å²) in [6.07, 6.45) is 3.25. The molecule has 0 spiro atoms. The van der Waals surface area contributed by atoms with E-state index in [0.717, 1.165) is 5.69 Å². The average Bonchev–Trinajstić information content (AvgIpc) is 3.18. The number of fused-ring (bicyclic) bond motifs is 1. The molecule has 6 heteroatoms. The molecule has 0 unspecified atom stereocenters. The predicted octanol–water partition coefficient (Wildman–Crippen LogP) is 2.66. The number of nitrogens with zero attached hydrogens (tertiary/aromatic N) is 4. The Morgan fingerprint density at radius 3 is 2.62 bits per heavy atom. The lowest BCUT2D eigenvalue weighted by Crippen LogP contribution is -2.01. The Kier molecular flexibility index (Phi) is 2.47. The largest absolute Gasteiger partial charge is 0.461 e. The number of nitrogen functional groups attached to an aromatic ring is 1. The maximum atomic E-state index is 6.01. The average molecular weight is 277 g/mol. The number of furan rings is 1. The third kappa shape index (κ3) is 1.85. The summed E-state index contributed by atoms with van der Waals surface area (Å²) in [5.74, 6) is 1.40. The topological polar surface area (TPSA) is 82.8 Å². The fourth-order valence-electron chi connectivity index (χ4n) is 2.20. The van der Waals surface area contributed by atoms with Gasteiger partial charge in [-0.2, -0.15) is 5.10 Å². The van der Waals surface area contributed by atoms with Gasteiger partial charge in [-0.3, -0.25) is 0 Å². The first-order valence-corrected chi connectivity index (χ1v) is 6.43. The highest BCUT2D eigenvalue weighted by atomic mass is 16.3. The van der Waals surface area contributed by atoms with E-state index in [9.17, 15) is 0 Å². The second-order valence-corrected chi connectivity index (χ2v) is 4.54. The first-order valence-electron chi connectivity index (χ1n) is 6.43. The summed E-state index contributed by atoms with van der Waals surface area (Å²) < 4.78 is 7.07. The standard InChI is InChI=1S/C15H11N5O/c16-13-11-9-17-20(10-5-2-1-3-6-10)15(11)19-14(18-13)12-7-4-8-21-12/h1-9H,(H2,16,18,19). The molecule has 0 amide bonds. The number of benzene rings is 1. The van der Waals surface area contributed by atoms with Crippen molar-refractivity contribution in [1.82, 2.24) is 19.7 Å². The van der Waals surface area contributed by atoms with Crippen molar-refractivity contribution in [2.45, 2.75) is 0 Å². The van der Waals surface area contributed by atoms with E-state index in [4.69, 9.17) is 10.2 Å². The summed E-state index contributed by atoms with van der Waals surface area (Å²) in [6.45, 7) is 0. The maximum Gasteiger partial charge on any atom is 0.199 e. The number of hydrogen-bond acceptors (Lipinski definition) is 5. The van der Waals surface area contributed by atoms with Gasteiger partial charge in [0.05, 0.1) is 23.5 Å². The molecule has 4 rings (SSSR count). The lowest BCUT2D eigenvalue weighted by molar-refractivity contribution is 0.577. The van der Waals surface area contributed by atoms with Crippen LogP contribution in [0.4, 0.5) is 5.82 Å². The van der Waals surface area contributed by atoms with Crippen LogP contribution in [0.1, 0.15) is 0 Å². The highest BCUT2D eigenvalue weighted by Gasteiger charge is 2.14. The van der Waals surface area contributed by atoms with Crippen molar-refractivity contribution >= 4 is 16.9 Å². The molecule has 3 aromatic heterocycles. The Bertz CT molecular complexity index is 897. The second kappa shape index (κ2) is 4.45. The lowest BCUT2D eigenvalue weighted by Gasteiger charge is -2.04. The van der Waals surface area contributed by atoms with E-state index >= 15 is 0 Å². The van der Waals surface area contributed by atoms with Crippen LogP contribution in [-0.4, -0.2) is 19.7 Å². The van der Waals surface area contributed by atoms with Crippen LogP contribution in [0.3, 0.4) is 0 Å². The van der Waals surface area contributed by atoms with Gasteiger partial charge >= 0.3 is 0 Å². The van der Waals surface area contributed by atoms with Gasteiger partial charge in [0.1, 0.15) is 5.82 Å². The molecule has 0 bridgehead atoms. The number of para-hydroxylation sites is 1. The van der Waals surface area contributed by atoms with Crippen LogP contribution in [0, 0.1) is 0 Å². The summed E-state index contributed by atoms with van der Waals surface area (Å²) in [6, 6.07) is 13.3. The van der Waals surface area contributed by atoms with Gasteiger partial charge in [0.2, 0.25) is 0 Å². The zero-order valence-corrected chi connectivity index (χ0v) is 11.0. The third-order valence-corrected chi connectivity index (χ3v) is 3.20. The fraction of sp³-hybridized carbons (Fsp3) is 0. The molecule has 21 heavy (non-hydrogen) atoms. The lowest BCUT2D eigenvalue weighted by atomic mass is 10.3. The molecule has 0 radical (unpaired) electrons. The molecule has 4 aromatic rings. The van der Waals surface area contributed by atoms with E-state index in [1.165, 1.54) is 0 Å². The van der Waals surface area contributed by atoms with Gasteiger partial charge in [-0.25, -0.2) is 14.6 Å². The molecular formula is C15H11N5O. The van der Waals surface area contributed by atoms with Crippen molar-refractivity contribution in [2.75, 3.05) is 5.73 Å². The molecule has 0 aliphatic rings. The molecule has 102 valence electrons. The summed E-state index contributed by atoms with van der Waals surface area (Å²) in [4.78, 5) is 8.80. The van der Waals surface area contributed by atoms with Crippen molar-refractivity contribution in [1.29, 1.82) is 0 Å². The third-order valence-electron chi connectivity index (χ3n) is 3.20. The highest BCUT2D eigenvalue weighted by molar-refractivity contribution is 5.87. The van der Waals surface area contributed by atoms with E-state index < -0.39 is 0 Å². The van der Waals surface area contributed by atoms with Crippen LogP contribution in [0.5, 0.6) is 0 Å². The van der Waals surface area contributed by atoms with Crippen LogP contribution in [-0.2, 0) is 0 Å². The van der Waals surface area contributed by atoms with Crippen LogP contribution >= 0.6 is 0 Å². The van der Waals surface area contributed by atoms with E-state index in [-0.39, 0.29) is 0 Å². The molecule has 1 aromatic carbocycles. The number of anilines is 1. The van der Waals surface area contributed by atoms with Gasteiger partial charge in [-0.1, -0.05) is 18.2 Å². The summed E-state index contributed by atoms with van der Waals surface area (Å²) >= 11 is 0. The van der Waals surface area contributed by atoms with Gasteiger partial charge in [0, 0.05) is 0 Å². The molecule has 0 aliphatic carbocycles. The van der Waals surface area contributed by atoms with Gasteiger partial charge in [0.15, 0.2) is 17.2 Å². The van der Waals surface area contributed by atoms with Crippen LogP contribution in [0.15, 0.2) is 59.3 Å². The molecule has 6 nitrogen and oxygen atoms in total. The Hall–Kier alpha value is -3.15.